The molecule has 0 aliphatic heterocycles. The zero-order valence-electron chi connectivity index (χ0n) is 10.9. The number of para-hydroxylation sites is 2. The zero-order chi connectivity index (χ0) is 14.1. The van der Waals surface area contributed by atoms with Gasteiger partial charge in [0.2, 0.25) is 0 Å². The number of hydrogen-bond donors (Lipinski definition) is 0. The Kier molecular flexibility index (Phi) is 2.97. The Bertz CT molecular complexity index is 850. The van der Waals surface area contributed by atoms with E-state index in [9.17, 15) is 0 Å². The quantitative estimate of drug-likeness (QED) is 0.551. The molecule has 0 aliphatic carbocycles. The molecule has 0 saturated heterocycles. The maximum atomic E-state index is 5.72. The number of aromatic nitrogens is 2. The molecule has 0 radical (unpaired) electrons. The Hall–Kier alpha value is -2.53. The van der Waals surface area contributed by atoms with Crippen molar-refractivity contribution in [2.75, 3.05) is 0 Å². The van der Waals surface area contributed by atoms with Crippen molar-refractivity contribution in [3.05, 3.63) is 60.8 Å². The third kappa shape index (κ3) is 2.43. The maximum absolute atomic E-state index is 5.72. The van der Waals surface area contributed by atoms with Crippen molar-refractivity contribution in [2.45, 2.75) is 10.4 Å². The van der Waals surface area contributed by atoms with Crippen molar-refractivity contribution >= 4 is 22.9 Å². The molecule has 2 heterocycles. The summed E-state index contributed by atoms with van der Waals surface area (Å²) < 4.78 is 11.4. The van der Waals surface area contributed by atoms with Crippen LogP contribution in [0.1, 0.15) is 0 Å². The van der Waals surface area contributed by atoms with Crippen molar-refractivity contribution in [1.82, 2.24) is 9.97 Å². The minimum atomic E-state index is 0.514. The van der Waals surface area contributed by atoms with Crippen LogP contribution in [0.15, 0.2) is 80.1 Å². The van der Waals surface area contributed by atoms with E-state index in [4.69, 9.17) is 8.83 Å². The van der Waals surface area contributed by atoms with Crippen molar-refractivity contribution in [2.24, 2.45) is 0 Å². The van der Waals surface area contributed by atoms with Gasteiger partial charge >= 0.3 is 0 Å². The van der Waals surface area contributed by atoms with Gasteiger partial charge in [0, 0.05) is 17.3 Å². The van der Waals surface area contributed by atoms with Gasteiger partial charge < -0.3 is 8.83 Å². The molecule has 102 valence electrons. The van der Waals surface area contributed by atoms with Gasteiger partial charge in [-0.3, -0.25) is 0 Å². The van der Waals surface area contributed by atoms with Gasteiger partial charge in [-0.15, -0.1) is 0 Å². The van der Waals surface area contributed by atoms with E-state index < -0.39 is 0 Å². The van der Waals surface area contributed by atoms with Gasteiger partial charge in [-0.25, -0.2) is 9.97 Å². The second kappa shape index (κ2) is 5.10. The van der Waals surface area contributed by atoms with Crippen LogP contribution >= 0.6 is 11.8 Å². The highest BCUT2D eigenvalue weighted by Crippen LogP contribution is 2.31. The molecule has 4 aromatic rings. The van der Waals surface area contributed by atoms with Gasteiger partial charge in [0.25, 0.3) is 10.4 Å². The summed E-state index contributed by atoms with van der Waals surface area (Å²) in [4.78, 5) is 8.64. The highest BCUT2D eigenvalue weighted by atomic mass is 32.2. The largest absolute Gasteiger partial charge is 0.431 e. The fraction of sp³-hybridized carbons (Fsp3) is 0. The van der Waals surface area contributed by atoms with E-state index in [0.717, 1.165) is 22.4 Å². The molecule has 4 nitrogen and oxygen atoms in total. The first-order valence-electron chi connectivity index (χ1n) is 6.43. The molecule has 5 heteroatoms. The Morgan fingerprint density at radius 3 is 2.48 bits per heavy atom. The predicted molar refractivity (Wildman–Crippen MR) is 80.1 cm³/mol. The van der Waals surface area contributed by atoms with E-state index in [1.165, 1.54) is 11.8 Å². The van der Waals surface area contributed by atoms with Gasteiger partial charge in [-0.1, -0.05) is 42.5 Å². The summed E-state index contributed by atoms with van der Waals surface area (Å²) in [7, 11) is 0. The molecule has 0 saturated carbocycles. The summed E-state index contributed by atoms with van der Waals surface area (Å²) in [5.41, 5.74) is 2.58. The summed E-state index contributed by atoms with van der Waals surface area (Å²) in [5, 5.41) is 1.04. The van der Waals surface area contributed by atoms with Gasteiger partial charge in [0.05, 0.1) is 6.20 Å². The molecule has 0 spiro atoms. The lowest BCUT2D eigenvalue weighted by Gasteiger charge is -1.93. The van der Waals surface area contributed by atoms with Gasteiger partial charge in [-0.2, -0.15) is 0 Å². The molecule has 0 unspecified atom stereocenters. The monoisotopic (exact) mass is 294 g/mol. The minimum absolute atomic E-state index is 0.514. The van der Waals surface area contributed by atoms with Crippen LogP contribution in [0.4, 0.5) is 0 Å². The third-order valence-electron chi connectivity index (χ3n) is 2.99. The van der Waals surface area contributed by atoms with Gasteiger partial charge in [0.1, 0.15) is 5.52 Å². The normalized spacial score (nSPS) is 11.0. The average Bonchev–Trinajstić information content (AvgIpc) is 3.14. The van der Waals surface area contributed by atoms with E-state index in [1.54, 1.807) is 6.20 Å². The molecule has 2 aromatic carbocycles. The lowest BCUT2D eigenvalue weighted by atomic mass is 10.2. The molecular formula is C16H10N2O2S. The first kappa shape index (κ1) is 12.2. The van der Waals surface area contributed by atoms with Crippen molar-refractivity contribution < 1.29 is 8.83 Å². The zero-order valence-corrected chi connectivity index (χ0v) is 11.7. The lowest BCUT2D eigenvalue weighted by Crippen LogP contribution is -1.71. The van der Waals surface area contributed by atoms with Crippen LogP contribution in [0, 0.1) is 0 Å². The topological polar surface area (TPSA) is 52.1 Å². The molecule has 0 amide bonds. The molecule has 0 bridgehead atoms. The van der Waals surface area contributed by atoms with Crippen LogP contribution < -0.4 is 0 Å². The molecule has 0 fully saturated rings. The van der Waals surface area contributed by atoms with Crippen LogP contribution in [0.5, 0.6) is 0 Å². The van der Waals surface area contributed by atoms with Crippen molar-refractivity contribution in [3.63, 3.8) is 0 Å². The number of oxazole rings is 2. The number of rotatable bonds is 3. The van der Waals surface area contributed by atoms with Gasteiger partial charge in [-0.05, 0) is 12.1 Å². The van der Waals surface area contributed by atoms with Crippen LogP contribution in [0.3, 0.4) is 0 Å². The summed E-state index contributed by atoms with van der Waals surface area (Å²) in [6.45, 7) is 0. The number of nitrogens with zero attached hydrogens (tertiary/aromatic N) is 2. The summed E-state index contributed by atoms with van der Waals surface area (Å²) in [6, 6.07) is 17.5. The molecule has 2 aromatic heterocycles. The fourth-order valence-corrected chi connectivity index (χ4v) is 2.67. The van der Waals surface area contributed by atoms with E-state index in [-0.39, 0.29) is 0 Å². The molecule has 0 aliphatic rings. The predicted octanol–water partition coefficient (Wildman–Crippen LogP) is 4.63. The van der Waals surface area contributed by atoms with Crippen molar-refractivity contribution in [3.8, 4) is 11.3 Å². The van der Waals surface area contributed by atoms with Crippen LogP contribution in [-0.2, 0) is 0 Å². The first-order valence-corrected chi connectivity index (χ1v) is 7.25. The highest BCUT2D eigenvalue weighted by molar-refractivity contribution is 7.98. The lowest BCUT2D eigenvalue weighted by molar-refractivity contribution is 0.452. The van der Waals surface area contributed by atoms with E-state index >= 15 is 0 Å². The first-order chi connectivity index (χ1) is 10.4. The molecule has 0 N–H and O–H groups in total. The fourth-order valence-electron chi connectivity index (χ4n) is 2.01. The second-order valence-corrected chi connectivity index (χ2v) is 5.31. The van der Waals surface area contributed by atoms with E-state index in [0.29, 0.717) is 10.4 Å². The Morgan fingerprint density at radius 2 is 1.62 bits per heavy atom. The average molecular weight is 294 g/mol. The molecule has 21 heavy (non-hydrogen) atoms. The minimum Gasteiger partial charge on any atom is -0.431 e. The third-order valence-corrected chi connectivity index (χ3v) is 3.70. The maximum Gasteiger partial charge on any atom is 0.266 e. The smallest absolute Gasteiger partial charge is 0.266 e. The standard InChI is InChI=1S/C16H10N2O2S/c1-2-6-11(7-3-1)14-10-17-15(20-14)21-16-18-12-8-4-5-9-13(12)19-16/h1-10H. The van der Waals surface area contributed by atoms with E-state index in [2.05, 4.69) is 9.97 Å². The van der Waals surface area contributed by atoms with Crippen LogP contribution in [0.2, 0.25) is 0 Å². The second-order valence-electron chi connectivity index (χ2n) is 4.41. The van der Waals surface area contributed by atoms with Crippen LogP contribution in [0.25, 0.3) is 22.4 Å². The molecule has 0 atom stereocenters. The Balaban J connectivity index is 1.61. The summed E-state index contributed by atoms with van der Waals surface area (Å²) >= 11 is 1.27. The number of fused-ring (bicyclic) bond motifs is 1. The Morgan fingerprint density at radius 1 is 0.810 bits per heavy atom. The molecular weight excluding hydrogens is 284 g/mol. The van der Waals surface area contributed by atoms with E-state index in [1.807, 2.05) is 54.6 Å². The molecule has 4 rings (SSSR count). The SMILES string of the molecule is c1ccc(-c2cnc(Sc3nc4ccccc4o3)o2)cc1. The highest BCUT2D eigenvalue weighted by Gasteiger charge is 2.12. The number of hydrogen-bond acceptors (Lipinski definition) is 5. The van der Waals surface area contributed by atoms with Crippen LogP contribution in [-0.4, -0.2) is 9.97 Å². The summed E-state index contributed by atoms with van der Waals surface area (Å²) in [6.07, 6.45) is 1.71. The van der Waals surface area contributed by atoms with Gasteiger partial charge in [0.15, 0.2) is 11.3 Å². The van der Waals surface area contributed by atoms with Crippen molar-refractivity contribution in [1.29, 1.82) is 0 Å². The Labute approximate surface area is 124 Å². The number of benzene rings is 2. The summed E-state index contributed by atoms with van der Waals surface area (Å²) in [5.74, 6) is 0.731.